The van der Waals surface area contributed by atoms with E-state index >= 15 is 0 Å². The lowest BCUT2D eigenvalue weighted by molar-refractivity contribution is 0.157. The highest BCUT2D eigenvalue weighted by atomic mass is 32.1. The summed E-state index contributed by atoms with van der Waals surface area (Å²) in [5.74, 6) is 2.01. The molecule has 8 heterocycles. The fraction of sp³-hybridized carbons (Fsp3) is 0.400. The van der Waals surface area contributed by atoms with Gasteiger partial charge >= 0.3 is 0 Å². The fourth-order valence-corrected chi connectivity index (χ4v) is 20.7. The van der Waals surface area contributed by atoms with Gasteiger partial charge in [-0.3, -0.25) is 0 Å². The van der Waals surface area contributed by atoms with Gasteiger partial charge in [-0.05, 0) is 99.6 Å². The molecule has 0 unspecified atom stereocenters. The van der Waals surface area contributed by atoms with Gasteiger partial charge in [0.05, 0.1) is 38.3 Å². The van der Waals surface area contributed by atoms with Crippen LogP contribution in [-0.4, -0.2) is 0 Å². The van der Waals surface area contributed by atoms with Gasteiger partial charge in [-0.25, -0.2) is 0 Å². The summed E-state index contributed by atoms with van der Waals surface area (Å²) in [7, 11) is 0. The smallest absolute Gasteiger partial charge is 0.187 e. The Morgan fingerprint density at radius 3 is 0.897 bits per heavy atom. The van der Waals surface area contributed by atoms with Crippen molar-refractivity contribution in [2.75, 3.05) is 0 Å². The second kappa shape index (κ2) is 23.5. The molecule has 6 aromatic heterocycles. The molecule has 10 aromatic rings. The van der Waals surface area contributed by atoms with Gasteiger partial charge in [0.25, 0.3) is 0 Å². The lowest BCUT2D eigenvalue weighted by Crippen LogP contribution is -2.38. The zero-order valence-corrected chi connectivity index (χ0v) is 51.7. The van der Waals surface area contributed by atoms with Crippen molar-refractivity contribution >= 4 is 96.2 Å². The third-order valence-electron chi connectivity index (χ3n) is 16.8. The monoisotopic (exact) mass is 1140 g/mol. The molecular formula is C70H76O2S6. The van der Waals surface area contributed by atoms with E-state index in [1.807, 2.05) is 68.0 Å². The Balaban J connectivity index is 1.05. The van der Waals surface area contributed by atoms with Crippen LogP contribution in [0.25, 0.3) is 47.7 Å². The van der Waals surface area contributed by atoms with Gasteiger partial charge in [0, 0.05) is 52.5 Å². The standard InChI is InChI=1S/C70H76O2S6/c1-7-11-15-19-23-47-27-35-51(36-28-47)69(52-37-29-48(30-38-52)24-20-16-12-8-2)57-61-55(43-45(5)73-61)75-63(57)65-59(71-69)67-68(77-65)60-66(78-67)64-58(62-56(76-64)44-46(6)74-62)70(72-60,53-39-31-49(32-40-53)25-21-17-13-9-3)54-41-33-50(34-42-54)26-22-18-14-10-4/h27-44H,7-26H2,1-6H3. The molecule has 0 fully saturated rings. The zero-order chi connectivity index (χ0) is 53.4. The molecule has 0 amide bonds. The first-order chi connectivity index (χ1) is 38.3. The lowest BCUT2D eigenvalue weighted by atomic mass is 9.78. The maximum atomic E-state index is 8.20. The molecule has 12 rings (SSSR count). The second-order valence-corrected chi connectivity index (χ2v) is 29.1. The average molecular weight is 1140 g/mol. The van der Waals surface area contributed by atoms with E-state index in [0.29, 0.717) is 0 Å². The Morgan fingerprint density at radius 2 is 0.615 bits per heavy atom. The minimum Gasteiger partial charge on any atom is -0.470 e. The Morgan fingerprint density at radius 1 is 0.321 bits per heavy atom. The van der Waals surface area contributed by atoms with Crippen molar-refractivity contribution in [3.05, 3.63) is 175 Å². The van der Waals surface area contributed by atoms with E-state index < -0.39 is 11.2 Å². The topological polar surface area (TPSA) is 18.5 Å². The third kappa shape index (κ3) is 9.88. The van der Waals surface area contributed by atoms with Gasteiger partial charge in [-0.15, -0.1) is 68.0 Å². The quantitative estimate of drug-likeness (QED) is 0.0562. The average Bonchev–Trinajstić information content (AvgIpc) is 4.49. The van der Waals surface area contributed by atoms with E-state index in [1.165, 1.54) is 216 Å². The van der Waals surface area contributed by atoms with E-state index in [4.69, 9.17) is 9.47 Å². The maximum Gasteiger partial charge on any atom is 0.187 e. The highest BCUT2D eigenvalue weighted by Crippen LogP contribution is 2.68. The number of aryl methyl sites for hydroxylation is 6. The van der Waals surface area contributed by atoms with Crippen LogP contribution in [0.3, 0.4) is 0 Å². The largest absolute Gasteiger partial charge is 0.470 e. The number of ether oxygens (including phenoxy) is 2. The van der Waals surface area contributed by atoms with Crippen LogP contribution in [0.15, 0.2) is 109 Å². The van der Waals surface area contributed by atoms with Crippen LogP contribution in [0.2, 0.25) is 0 Å². The number of hydrogen-bond acceptors (Lipinski definition) is 8. The molecule has 0 saturated heterocycles. The molecule has 2 aliphatic heterocycles. The van der Waals surface area contributed by atoms with Crippen LogP contribution >= 0.6 is 68.0 Å². The van der Waals surface area contributed by atoms with Crippen molar-refractivity contribution in [3.8, 4) is 31.0 Å². The van der Waals surface area contributed by atoms with E-state index in [9.17, 15) is 0 Å². The van der Waals surface area contributed by atoms with Crippen LogP contribution in [0.4, 0.5) is 0 Å². The molecule has 8 heteroatoms. The predicted octanol–water partition coefficient (Wildman–Crippen LogP) is 23.3. The summed E-state index contributed by atoms with van der Waals surface area (Å²) in [4.78, 5) is 7.82. The SMILES string of the molecule is CCCCCCc1ccc(C2(c3ccc(CCCCCC)cc3)Oc3c(sc4c5c(sc34)-c3sc4cc(C)sc4c3C(c3ccc(CCCCCC)cc3)(c3ccc(CCCCCC)cc3)O5)-c3sc4cc(C)sc4c32)cc1. The first-order valence-corrected chi connectivity index (χ1v) is 34.6. The number of fused-ring (bicyclic) bond motifs is 13. The van der Waals surface area contributed by atoms with Crippen LogP contribution in [0.1, 0.15) is 196 Å². The molecular weight excluding hydrogens is 1070 g/mol. The van der Waals surface area contributed by atoms with Gasteiger partial charge in [0.1, 0.15) is 0 Å². The van der Waals surface area contributed by atoms with Gasteiger partial charge in [-0.1, -0.05) is 202 Å². The molecule has 0 saturated carbocycles. The molecule has 2 aliphatic rings. The van der Waals surface area contributed by atoms with Gasteiger partial charge in [-0.2, -0.15) is 0 Å². The maximum absolute atomic E-state index is 8.20. The Bertz CT molecular complexity index is 3290. The molecule has 0 radical (unpaired) electrons. The van der Waals surface area contributed by atoms with Crippen LogP contribution in [0.5, 0.6) is 11.5 Å². The summed E-state index contributed by atoms with van der Waals surface area (Å²) in [6.45, 7) is 13.7. The van der Waals surface area contributed by atoms with Crippen LogP contribution < -0.4 is 9.47 Å². The number of hydrogen-bond donors (Lipinski definition) is 0. The van der Waals surface area contributed by atoms with Crippen LogP contribution in [0, 0.1) is 13.8 Å². The molecule has 0 atom stereocenters. The number of thiophene rings is 6. The van der Waals surface area contributed by atoms with Crippen molar-refractivity contribution in [2.24, 2.45) is 0 Å². The molecule has 4 aromatic carbocycles. The Kier molecular flexibility index (Phi) is 16.3. The van der Waals surface area contributed by atoms with Gasteiger partial charge in [0.2, 0.25) is 0 Å². The summed E-state index contributed by atoms with van der Waals surface area (Å²) in [5, 5.41) is 0. The second-order valence-electron chi connectivity index (χ2n) is 22.5. The normalized spacial score (nSPS) is 14.2. The molecule has 0 bridgehead atoms. The summed E-state index contributed by atoms with van der Waals surface area (Å²) in [6.07, 6.45) is 24.6. The van der Waals surface area contributed by atoms with Gasteiger partial charge in [0.15, 0.2) is 22.7 Å². The van der Waals surface area contributed by atoms with E-state index in [-0.39, 0.29) is 0 Å². The van der Waals surface area contributed by atoms with Gasteiger partial charge < -0.3 is 9.47 Å². The van der Waals surface area contributed by atoms with Crippen LogP contribution in [-0.2, 0) is 36.9 Å². The molecule has 0 aliphatic carbocycles. The molecule has 78 heavy (non-hydrogen) atoms. The molecule has 2 nitrogen and oxygen atoms in total. The zero-order valence-electron chi connectivity index (χ0n) is 46.8. The summed E-state index contributed by atoms with van der Waals surface area (Å²) < 4.78 is 24.2. The van der Waals surface area contributed by atoms with Crippen molar-refractivity contribution in [2.45, 2.75) is 181 Å². The minimum absolute atomic E-state index is 0.868. The summed E-state index contributed by atoms with van der Waals surface area (Å²) >= 11 is 11.6. The molecule has 0 spiro atoms. The first kappa shape index (κ1) is 54.1. The van der Waals surface area contributed by atoms with E-state index in [2.05, 4.69) is 151 Å². The summed E-state index contributed by atoms with van der Waals surface area (Å²) in [5.41, 5.74) is 11.3. The molecule has 0 N–H and O–H groups in total. The van der Waals surface area contributed by atoms with Crippen molar-refractivity contribution in [1.29, 1.82) is 0 Å². The third-order valence-corrected chi connectivity index (χ3v) is 24.2. The van der Waals surface area contributed by atoms with Crippen molar-refractivity contribution in [1.82, 2.24) is 0 Å². The highest BCUT2D eigenvalue weighted by molar-refractivity contribution is 7.37. The first-order valence-electron chi connectivity index (χ1n) is 29.7. The van der Waals surface area contributed by atoms with Crippen molar-refractivity contribution < 1.29 is 9.47 Å². The van der Waals surface area contributed by atoms with E-state index in [1.54, 1.807) is 0 Å². The Labute approximate surface area is 488 Å². The fourth-order valence-electron chi connectivity index (χ4n) is 12.6. The molecule has 404 valence electrons. The predicted molar refractivity (Wildman–Crippen MR) is 345 cm³/mol. The number of benzene rings is 4. The Hall–Kier alpha value is -4.54. The number of rotatable bonds is 24. The minimum atomic E-state index is -0.868. The lowest BCUT2D eigenvalue weighted by Gasteiger charge is -2.39. The van der Waals surface area contributed by atoms with Crippen molar-refractivity contribution in [3.63, 3.8) is 0 Å². The summed E-state index contributed by atoms with van der Waals surface area (Å²) in [6, 6.07) is 43.3. The highest BCUT2D eigenvalue weighted by Gasteiger charge is 2.52. The number of unbranched alkanes of at least 4 members (excludes halogenated alkanes) is 12. The van der Waals surface area contributed by atoms with E-state index in [0.717, 1.165) is 37.2 Å².